The van der Waals surface area contributed by atoms with Crippen molar-refractivity contribution in [2.45, 2.75) is 56.9 Å². The van der Waals surface area contributed by atoms with Crippen molar-refractivity contribution in [3.05, 3.63) is 47.9 Å². The number of aromatic nitrogens is 2. The molecule has 156 valence electrons. The number of carbonyl (C=O) groups excluding carboxylic acids is 1. The Labute approximate surface area is 170 Å². The van der Waals surface area contributed by atoms with Crippen LogP contribution in [0.2, 0.25) is 0 Å². The molecule has 4 heterocycles. The number of pyridine rings is 1. The van der Waals surface area contributed by atoms with Gasteiger partial charge in [-0.15, -0.1) is 0 Å². The number of aliphatic hydroxyl groups excluding tert-OH is 1. The number of aliphatic hydroxyl groups is 1. The minimum absolute atomic E-state index is 0.226. The van der Waals surface area contributed by atoms with Crippen LogP contribution in [0.1, 0.15) is 48.1 Å². The van der Waals surface area contributed by atoms with Gasteiger partial charge in [0.15, 0.2) is 11.6 Å². The predicted octanol–water partition coefficient (Wildman–Crippen LogP) is 1.68. The van der Waals surface area contributed by atoms with E-state index in [1.807, 2.05) is 19.1 Å². The van der Waals surface area contributed by atoms with E-state index >= 15 is 0 Å². The zero-order valence-corrected chi connectivity index (χ0v) is 16.9. The number of ether oxygens (including phenoxy) is 1. The van der Waals surface area contributed by atoms with E-state index in [4.69, 9.17) is 9.15 Å². The van der Waals surface area contributed by atoms with Crippen molar-refractivity contribution in [3.8, 4) is 0 Å². The van der Waals surface area contributed by atoms with E-state index in [1.54, 1.807) is 19.3 Å². The first-order chi connectivity index (χ1) is 13.9. The summed E-state index contributed by atoms with van der Waals surface area (Å²) in [6.07, 6.45) is 6.12. The van der Waals surface area contributed by atoms with Gasteiger partial charge in [0.25, 0.3) is 5.91 Å². The number of nitrogens with zero attached hydrogens (tertiary/aromatic N) is 3. The summed E-state index contributed by atoms with van der Waals surface area (Å²) < 4.78 is 11.3. The van der Waals surface area contributed by atoms with Crippen molar-refractivity contribution in [3.63, 3.8) is 0 Å². The summed E-state index contributed by atoms with van der Waals surface area (Å²) in [5, 5.41) is 14.3. The van der Waals surface area contributed by atoms with Gasteiger partial charge in [-0.1, -0.05) is 0 Å². The third-order valence-corrected chi connectivity index (χ3v) is 6.22. The topological polar surface area (TPSA) is 101 Å². The molecule has 4 rings (SSSR count). The summed E-state index contributed by atoms with van der Waals surface area (Å²) in [5.74, 6) is 0.0986. The summed E-state index contributed by atoms with van der Waals surface area (Å²) in [5.41, 5.74) is 0.0224. The van der Waals surface area contributed by atoms with Crippen LogP contribution in [0.4, 0.5) is 0 Å². The van der Waals surface area contributed by atoms with E-state index in [1.165, 1.54) is 11.8 Å². The predicted molar refractivity (Wildman–Crippen MR) is 105 cm³/mol. The third kappa shape index (κ3) is 4.05. The van der Waals surface area contributed by atoms with Crippen LogP contribution in [0.25, 0.3) is 0 Å². The number of hydrogen-bond acceptors (Lipinski definition) is 7. The van der Waals surface area contributed by atoms with Gasteiger partial charge in [-0.2, -0.15) is 0 Å². The highest BCUT2D eigenvalue weighted by molar-refractivity contribution is 5.92. The average molecular weight is 400 g/mol. The van der Waals surface area contributed by atoms with Crippen molar-refractivity contribution in [1.29, 1.82) is 0 Å². The molecule has 2 aromatic heterocycles. The summed E-state index contributed by atoms with van der Waals surface area (Å²) >= 11 is 0. The van der Waals surface area contributed by atoms with Crippen LogP contribution in [0.3, 0.4) is 0 Å². The number of rotatable bonds is 4. The Balaban J connectivity index is 1.41. The standard InChI is InChI=1S/C21H28N4O4/c1-15-23-17(14-28-15)18(26)24-20(2)7-12-29-21(19(20)27)5-10-25(11-6-21)13-16-3-8-22-9-4-16/h3-4,8-9,14,19,27H,5-7,10-13H2,1-2H3,(H,24,26)/t19-,20+/m1/s1. The molecule has 1 spiro atoms. The van der Waals surface area contributed by atoms with Gasteiger partial charge in [0.2, 0.25) is 0 Å². The molecule has 0 saturated carbocycles. The third-order valence-electron chi connectivity index (χ3n) is 6.22. The molecule has 0 radical (unpaired) electrons. The lowest BCUT2D eigenvalue weighted by molar-refractivity contribution is -0.205. The molecule has 2 atom stereocenters. The first-order valence-electron chi connectivity index (χ1n) is 10.1. The van der Waals surface area contributed by atoms with Gasteiger partial charge >= 0.3 is 0 Å². The summed E-state index contributed by atoms with van der Waals surface area (Å²) in [6, 6.07) is 4.04. The van der Waals surface area contributed by atoms with Gasteiger partial charge in [-0.3, -0.25) is 14.7 Å². The lowest BCUT2D eigenvalue weighted by Crippen LogP contribution is -2.69. The first-order valence-corrected chi connectivity index (χ1v) is 10.1. The van der Waals surface area contributed by atoms with Crippen molar-refractivity contribution < 1.29 is 19.1 Å². The average Bonchev–Trinajstić information content (AvgIpc) is 3.15. The maximum absolute atomic E-state index is 12.6. The van der Waals surface area contributed by atoms with Crippen LogP contribution in [-0.2, 0) is 11.3 Å². The number of carbonyl (C=O) groups is 1. The van der Waals surface area contributed by atoms with Crippen molar-refractivity contribution in [2.75, 3.05) is 19.7 Å². The molecular formula is C21H28N4O4. The van der Waals surface area contributed by atoms with Crippen LogP contribution in [0.15, 0.2) is 35.2 Å². The van der Waals surface area contributed by atoms with E-state index < -0.39 is 17.2 Å². The highest BCUT2D eigenvalue weighted by Gasteiger charge is 2.53. The highest BCUT2D eigenvalue weighted by atomic mass is 16.5. The second-order valence-corrected chi connectivity index (χ2v) is 8.32. The molecule has 8 heteroatoms. The van der Waals surface area contributed by atoms with E-state index in [9.17, 15) is 9.90 Å². The molecule has 2 aliphatic heterocycles. The van der Waals surface area contributed by atoms with Gasteiger partial charge in [0.1, 0.15) is 12.4 Å². The van der Waals surface area contributed by atoms with Crippen LogP contribution in [-0.4, -0.2) is 62.8 Å². The van der Waals surface area contributed by atoms with Gasteiger partial charge in [0, 0.05) is 45.6 Å². The Kier molecular flexibility index (Phi) is 5.42. The molecule has 0 aromatic carbocycles. The van der Waals surface area contributed by atoms with Crippen LogP contribution in [0, 0.1) is 6.92 Å². The second kappa shape index (κ2) is 7.85. The fraction of sp³-hybridized carbons (Fsp3) is 0.571. The van der Waals surface area contributed by atoms with E-state index in [-0.39, 0.29) is 11.6 Å². The fourth-order valence-electron chi connectivity index (χ4n) is 4.44. The molecule has 0 bridgehead atoms. The number of aryl methyl sites for hydroxylation is 1. The SMILES string of the molecule is Cc1nc(C(=O)N[C@@]2(C)CCOC3(CCN(Cc4ccncc4)CC3)[C@@H]2O)co1. The fourth-order valence-corrected chi connectivity index (χ4v) is 4.44. The van der Waals surface area contributed by atoms with Gasteiger partial charge < -0.3 is 19.6 Å². The maximum atomic E-state index is 12.6. The molecule has 2 fully saturated rings. The number of oxazole rings is 1. The summed E-state index contributed by atoms with van der Waals surface area (Å²) in [4.78, 5) is 23.1. The molecule has 8 nitrogen and oxygen atoms in total. The monoisotopic (exact) mass is 400 g/mol. The first kappa shape index (κ1) is 20.0. The molecule has 2 aromatic rings. The Morgan fingerprint density at radius 2 is 2.03 bits per heavy atom. The quantitative estimate of drug-likeness (QED) is 0.805. The highest BCUT2D eigenvalue weighted by Crippen LogP contribution is 2.40. The van der Waals surface area contributed by atoms with Crippen LogP contribution >= 0.6 is 0 Å². The molecule has 0 aliphatic carbocycles. The minimum Gasteiger partial charge on any atom is -0.448 e. The molecule has 2 N–H and O–H groups in total. The number of piperidine rings is 1. The van der Waals surface area contributed by atoms with Crippen molar-refractivity contribution in [1.82, 2.24) is 20.2 Å². The normalized spacial score (nSPS) is 27.1. The van der Waals surface area contributed by atoms with Crippen LogP contribution < -0.4 is 5.32 Å². The number of nitrogens with one attached hydrogen (secondary N) is 1. The number of amides is 1. The van der Waals surface area contributed by atoms with Crippen molar-refractivity contribution in [2.24, 2.45) is 0 Å². The van der Waals surface area contributed by atoms with Gasteiger partial charge in [-0.25, -0.2) is 4.98 Å². The Hall–Kier alpha value is -2.29. The van der Waals surface area contributed by atoms with Crippen molar-refractivity contribution >= 4 is 5.91 Å². The Bertz CT molecular complexity index is 847. The molecule has 2 aliphatic rings. The Morgan fingerprint density at radius 1 is 1.31 bits per heavy atom. The molecule has 2 saturated heterocycles. The zero-order chi connectivity index (χ0) is 20.5. The lowest BCUT2D eigenvalue weighted by Gasteiger charge is -2.53. The summed E-state index contributed by atoms with van der Waals surface area (Å²) in [7, 11) is 0. The second-order valence-electron chi connectivity index (χ2n) is 8.32. The zero-order valence-electron chi connectivity index (χ0n) is 16.9. The maximum Gasteiger partial charge on any atom is 0.273 e. The van der Waals surface area contributed by atoms with E-state index in [2.05, 4.69) is 20.2 Å². The van der Waals surface area contributed by atoms with E-state index in [0.717, 1.165) is 19.6 Å². The van der Waals surface area contributed by atoms with Gasteiger partial charge in [-0.05, 0) is 43.9 Å². The molecular weight excluding hydrogens is 372 g/mol. The summed E-state index contributed by atoms with van der Waals surface area (Å²) in [6.45, 7) is 6.58. The van der Waals surface area contributed by atoms with Gasteiger partial charge in [0.05, 0.1) is 11.1 Å². The molecule has 0 unspecified atom stereocenters. The molecule has 1 amide bonds. The lowest BCUT2D eigenvalue weighted by atomic mass is 9.73. The number of hydrogen-bond donors (Lipinski definition) is 2. The molecule has 29 heavy (non-hydrogen) atoms. The smallest absolute Gasteiger partial charge is 0.273 e. The van der Waals surface area contributed by atoms with E-state index in [0.29, 0.717) is 31.8 Å². The largest absolute Gasteiger partial charge is 0.448 e. The number of likely N-dealkylation sites (tertiary alicyclic amines) is 1. The van der Waals surface area contributed by atoms with Crippen LogP contribution in [0.5, 0.6) is 0 Å². The minimum atomic E-state index is -0.802. The Morgan fingerprint density at radius 3 is 2.69 bits per heavy atom.